The number of aryl methyl sites for hydroxylation is 1. The number of rotatable bonds is 7. The Morgan fingerprint density at radius 1 is 1.44 bits per heavy atom. The highest BCUT2D eigenvalue weighted by atomic mass is 16.5. The maximum absolute atomic E-state index is 12.4. The van der Waals surface area contributed by atoms with Gasteiger partial charge in [0.05, 0.1) is 18.7 Å². The summed E-state index contributed by atoms with van der Waals surface area (Å²) in [6, 6.07) is 0.0734. The maximum Gasteiger partial charge on any atom is 0.234 e. The Balaban J connectivity index is 1.51. The molecule has 0 spiro atoms. The highest BCUT2D eigenvalue weighted by Gasteiger charge is 2.36. The van der Waals surface area contributed by atoms with E-state index in [1.54, 1.807) is 13.4 Å². The third kappa shape index (κ3) is 4.67. The molecule has 138 valence electrons. The van der Waals surface area contributed by atoms with Crippen molar-refractivity contribution in [3.05, 3.63) is 23.8 Å². The van der Waals surface area contributed by atoms with Crippen molar-refractivity contribution in [1.82, 2.24) is 25.0 Å². The predicted molar refractivity (Wildman–Crippen MR) is 94.9 cm³/mol. The Morgan fingerprint density at radius 2 is 2.32 bits per heavy atom. The normalized spacial score (nSPS) is 24.3. The summed E-state index contributed by atoms with van der Waals surface area (Å²) in [5.74, 6) is 0.958. The maximum atomic E-state index is 12.4. The summed E-state index contributed by atoms with van der Waals surface area (Å²) in [4.78, 5) is 14.5. The van der Waals surface area contributed by atoms with Gasteiger partial charge >= 0.3 is 0 Å². The lowest BCUT2D eigenvalue weighted by Crippen LogP contribution is -2.38. The van der Waals surface area contributed by atoms with Crippen molar-refractivity contribution in [2.75, 3.05) is 26.7 Å². The van der Waals surface area contributed by atoms with Crippen LogP contribution in [0, 0.1) is 0 Å². The smallest absolute Gasteiger partial charge is 0.234 e. The van der Waals surface area contributed by atoms with Crippen LogP contribution < -0.4 is 5.32 Å². The van der Waals surface area contributed by atoms with Crippen molar-refractivity contribution in [3.8, 4) is 0 Å². The van der Waals surface area contributed by atoms with Crippen molar-refractivity contribution in [2.45, 2.75) is 50.7 Å². The summed E-state index contributed by atoms with van der Waals surface area (Å²) in [5.41, 5.74) is 1.49. The van der Waals surface area contributed by atoms with E-state index in [0.717, 1.165) is 31.8 Å². The van der Waals surface area contributed by atoms with Gasteiger partial charge < -0.3 is 14.6 Å². The number of hydrogen-bond acceptors (Lipinski definition) is 5. The fourth-order valence-electron chi connectivity index (χ4n) is 3.80. The van der Waals surface area contributed by atoms with E-state index in [2.05, 4.69) is 26.5 Å². The Labute approximate surface area is 149 Å². The molecule has 0 unspecified atom stereocenters. The third-order valence-electron chi connectivity index (χ3n) is 5.24. The molecule has 0 bridgehead atoms. The number of hydrogen-bond donors (Lipinski definition) is 1. The Bertz CT molecular complexity index is 612. The van der Waals surface area contributed by atoms with Gasteiger partial charge in [-0.15, -0.1) is 10.2 Å². The van der Waals surface area contributed by atoms with E-state index >= 15 is 0 Å². The van der Waals surface area contributed by atoms with Crippen LogP contribution in [-0.2, 0) is 16.6 Å². The second kappa shape index (κ2) is 8.58. The lowest BCUT2D eigenvalue weighted by Gasteiger charge is -2.22. The van der Waals surface area contributed by atoms with Crippen LogP contribution >= 0.6 is 0 Å². The highest BCUT2D eigenvalue weighted by molar-refractivity contribution is 5.78. The molecule has 1 amide bonds. The molecule has 2 heterocycles. The topological polar surface area (TPSA) is 72.3 Å². The first-order chi connectivity index (χ1) is 12.2. The summed E-state index contributed by atoms with van der Waals surface area (Å²) < 4.78 is 7.43. The lowest BCUT2D eigenvalue weighted by atomic mass is 9.97. The average molecular weight is 347 g/mol. The van der Waals surface area contributed by atoms with Gasteiger partial charge in [-0.05, 0) is 38.5 Å². The molecule has 1 fully saturated rings. The van der Waals surface area contributed by atoms with E-state index in [4.69, 9.17) is 4.74 Å². The van der Waals surface area contributed by atoms with E-state index in [9.17, 15) is 4.79 Å². The summed E-state index contributed by atoms with van der Waals surface area (Å²) in [7, 11) is 3.66. The zero-order valence-electron chi connectivity index (χ0n) is 15.3. The van der Waals surface area contributed by atoms with Crippen LogP contribution in [0.4, 0.5) is 0 Å². The van der Waals surface area contributed by atoms with Crippen LogP contribution in [0.25, 0.3) is 0 Å². The molecule has 0 aromatic carbocycles. The average Bonchev–Trinajstić information content (AvgIpc) is 3.21. The number of ether oxygens (including phenoxy) is 1. The number of methoxy groups -OCH3 is 1. The first kappa shape index (κ1) is 18.1. The largest absolute Gasteiger partial charge is 0.380 e. The van der Waals surface area contributed by atoms with Crippen molar-refractivity contribution < 1.29 is 9.53 Å². The van der Waals surface area contributed by atoms with Crippen molar-refractivity contribution >= 4 is 5.91 Å². The van der Waals surface area contributed by atoms with Gasteiger partial charge in [-0.1, -0.05) is 11.6 Å². The molecule has 7 nitrogen and oxygen atoms in total. The van der Waals surface area contributed by atoms with Gasteiger partial charge in [0.2, 0.25) is 5.91 Å². The summed E-state index contributed by atoms with van der Waals surface area (Å²) >= 11 is 0. The molecule has 1 aromatic rings. The van der Waals surface area contributed by atoms with Crippen LogP contribution in [0.15, 0.2) is 18.0 Å². The molecule has 1 aliphatic carbocycles. The molecule has 2 aliphatic rings. The summed E-state index contributed by atoms with van der Waals surface area (Å²) in [6.07, 6.45) is 10.9. The van der Waals surface area contributed by atoms with Crippen LogP contribution in [0.5, 0.6) is 0 Å². The predicted octanol–water partition coefficient (Wildman–Crippen LogP) is 1.58. The number of nitrogens with zero attached hydrogens (tertiary/aromatic N) is 4. The first-order valence-electron chi connectivity index (χ1n) is 9.22. The minimum atomic E-state index is 0.0698. The molecule has 1 aliphatic heterocycles. The Hall–Kier alpha value is -1.73. The third-order valence-corrected chi connectivity index (χ3v) is 5.24. The highest BCUT2D eigenvalue weighted by Crippen LogP contribution is 2.31. The molecule has 0 saturated carbocycles. The van der Waals surface area contributed by atoms with Gasteiger partial charge in [-0.2, -0.15) is 0 Å². The molecule has 2 atom stereocenters. The van der Waals surface area contributed by atoms with E-state index in [1.165, 1.54) is 31.3 Å². The van der Waals surface area contributed by atoms with Crippen LogP contribution in [0.1, 0.15) is 50.4 Å². The molecule has 1 saturated heterocycles. The van der Waals surface area contributed by atoms with E-state index in [-0.39, 0.29) is 18.1 Å². The van der Waals surface area contributed by atoms with Crippen molar-refractivity contribution in [2.24, 2.45) is 7.05 Å². The number of amides is 1. The van der Waals surface area contributed by atoms with Gasteiger partial charge in [-0.3, -0.25) is 9.69 Å². The number of nitrogens with one attached hydrogen (secondary N) is 1. The molecular formula is C18H29N5O2. The van der Waals surface area contributed by atoms with Crippen molar-refractivity contribution in [3.63, 3.8) is 0 Å². The van der Waals surface area contributed by atoms with Gasteiger partial charge in [0.15, 0.2) is 0 Å². The standard InChI is InChI=1S/C18H29N5O2/c1-22-13-20-21-18(22)16-10-15(25-2)11-23(16)12-17(24)19-9-8-14-6-4-3-5-7-14/h6,13,15-16H,3-5,7-12H2,1-2H3,(H,19,24)/t15-,16+/m1/s1. The minimum absolute atomic E-state index is 0.0698. The zero-order chi connectivity index (χ0) is 17.6. The number of carbonyl (C=O) groups is 1. The van der Waals surface area contributed by atoms with E-state index < -0.39 is 0 Å². The van der Waals surface area contributed by atoms with Crippen molar-refractivity contribution in [1.29, 1.82) is 0 Å². The molecule has 25 heavy (non-hydrogen) atoms. The summed E-state index contributed by atoms with van der Waals surface area (Å²) in [5, 5.41) is 11.3. The lowest BCUT2D eigenvalue weighted by molar-refractivity contribution is -0.122. The zero-order valence-corrected chi connectivity index (χ0v) is 15.3. The summed E-state index contributed by atoms with van der Waals surface area (Å²) in [6.45, 7) is 1.84. The molecule has 0 radical (unpaired) electrons. The van der Waals surface area contributed by atoms with E-state index in [1.807, 2.05) is 11.6 Å². The molecule has 1 aromatic heterocycles. The van der Waals surface area contributed by atoms with Gasteiger partial charge in [0.25, 0.3) is 0 Å². The quantitative estimate of drug-likeness (QED) is 0.758. The number of aromatic nitrogens is 3. The number of carbonyl (C=O) groups excluding carboxylic acids is 1. The number of allylic oxidation sites excluding steroid dienone is 1. The monoisotopic (exact) mass is 347 g/mol. The van der Waals surface area contributed by atoms with Crippen LogP contribution in [0.3, 0.4) is 0 Å². The Kier molecular flexibility index (Phi) is 6.20. The molecule has 1 N–H and O–H groups in total. The second-order valence-electron chi connectivity index (χ2n) is 7.05. The van der Waals surface area contributed by atoms with Crippen LogP contribution in [0.2, 0.25) is 0 Å². The van der Waals surface area contributed by atoms with Gasteiger partial charge in [0.1, 0.15) is 12.2 Å². The first-order valence-corrected chi connectivity index (χ1v) is 9.22. The second-order valence-corrected chi connectivity index (χ2v) is 7.05. The fraction of sp³-hybridized carbons (Fsp3) is 0.722. The Morgan fingerprint density at radius 3 is 3.00 bits per heavy atom. The van der Waals surface area contributed by atoms with Crippen LogP contribution in [-0.4, -0.2) is 58.4 Å². The number of likely N-dealkylation sites (tertiary alicyclic amines) is 1. The fourth-order valence-corrected chi connectivity index (χ4v) is 3.80. The molecule has 3 rings (SSSR count). The molecular weight excluding hydrogens is 318 g/mol. The molecule has 7 heteroatoms. The SMILES string of the molecule is CO[C@@H]1C[C@@H](c2nncn2C)N(CC(=O)NCCC2=CCCCC2)C1. The van der Waals surface area contributed by atoms with Gasteiger partial charge in [0, 0.05) is 27.2 Å². The van der Waals surface area contributed by atoms with E-state index in [0.29, 0.717) is 6.54 Å². The minimum Gasteiger partial charge on any atom is -0.380 e. The van der Waals surface area contributed by atoms with Gasteiger partial charge in [-0.25, -0.2) is 0 Å².